The molecule has 1 unspecified atom stereocenters. The Labute approximate surface area is 96.6 Å². The lowest BCUT2D eigenvalue weighted by molar-refractivity contribution is 0.321. The second kappa shape index (κ2) is 6.48. The molecule has 2 nitrogen and oxygen atoms in total. The van der Waals surface area contributed by atoms with Gasteiger partial charge in [0, 0.05) is 0 Å². The summed E-state index contributed by atoms with van der Waals surface area (Å²) in [6.45, 7) is 5.07. The Morgan fingerprint density at radius 3 is 2.62 bits per heavy atom. The van der Waals surface area contributed by atoms with Gasteiger partial charge in [-0.25, -0.2) is 4.39 Å². The third-order valence-electron chi connectivity index (χ3n) is 2.73. The van der Waals surface area contributed by atoms with Gasteiger partial charge >= 0.3 is 0 Å². The Kier molecular flexibility index (Phi) is 5.26. The summed E-state index contributed by atoms with van der Waals surface area (Å²) >= 11 is 0. The lowest BCUT2D eigenvalue weighted by atomic mass is 9.97. The van der Waals surface area contributed by atoms with Crippen LogP contribution in [0.3, 0.4) is 0 Å². The van der Waals surface area contributed by atoms with Gasteiger partial charge in [-0.2, -0.15) is 0 Å². The molecule has 0 spiro atoms. The van der Waals surface area contributed by atoms with Gasteiger partial charge in [-0.05, 0) is 43.5 Å². The first-order valence-corrected chi connectivity index (χ1v) is 5.82. The van der Waals surface area contributed by atoms with Crippen LogP contribution in [-0.2, 0) is 6.42 Å². The Hall–Kier alpha value is -1.09. The molecule has 0 bridgehead atoms. The minimum absolute atomic E-state index is 0.286. The molecule has 1 aromatic carbocycles. The molecule has 0 aliphatic carbocycles. The van der Waals surface area contributed by atoms with Crippen LogP contribution in [0.1, 0.15) is 25.8 Å². The van der Waals surface area contributed by atoms with Crippen LogP contribution in [0, 0.1) is 11.7 Å². The first-order valence-electron chi connectivity index (χ1n) is 5.82. The van der Waals surface area contributed by atoms with Gasteiger partial charge in [0.25, 0.3) is 0 Å². The maximum atomic E-state index is 13.5. The highest BCUT2D eigenvalue weighted by Crippen LogP contribution is 2.20. The van der Waals surface area contributed by atoms with Crippen LogP contribution in [-0.4, -0.2) is 13.2 Å². The van der Waals surface area contributed by atoms with Crippen molar-refractivity contribution in [3.63, 3.8) is 0 Å². The summed E-state index contributed by atoms with van der Waals surface area (Å²) in [5.41, 5.74) is 6.61. The fourth-order valence-electron chi connectivity index (χ4n) is 1.67. The van der Waals surface area contributed by atoms with E-state index in [2.05, 4.69) is 6.92 Å². The quantitative estimate of drug-likeness (QED) is 0.808. The molecule has 0 aromatic heterocycles. The van der Waals surface area contributed by atoms with E-state index < -0.39 is 0 Å². The molecule has 0 radical (unpaired) electrons. The van der Waals surface area contributed by atoms with Crippen molar-refractivity contribution >= 4 is 0 Å². The van der Waals surface area contributed by atoms with Crippen LogP contribution in [0.25, 0.3) is 0 Å². The van der Waals surface area contributed by atoms with E-state index in [0.29, 0.717) is 24.8 Å². The van der Waals surface area contributed by atoms with E-state index in [1.54, 1.807) is 12.1 Å². The summed E-state index contributed by atoms with van der Waals surface area (Å²) in [6, 6.07) is 5.15. The molecule has 90 valence electrons. The molecule has 0 heterocycles. The normalized spacial score (nSPS) is 12.5. The highest BCUT2D eigenvalue weighted by molar-refractivity contribution is 5.29. The van der Waals surface area contributed by atoms with E-state index in [1.165, 1.54) is 0 Å². The average molecular weight is 225 g/mol. The number of rotatable bonds is 6. The topological polar surface area (TPSA) is 35.2 Å². The standard InChI is InChI=1S/C13H20FNO/c1-3-10(9-15)7-11-5-6-13(16-4-2)12(14)8-11/h5-6,8,10H,3-4,7,9,15H2,1-2H3. The van der Waals surface area contributed by atoms with Gasteiger partial charge in [0.1, 0.15) is 0 Å². The zero-order valence-corrected chi connectivity index (χ0v) is 10.0. The van der Waals surface area contributed by atoms with Crippen LogP contribution in [0.4, 0.5) is 4.39 Å². The summed E-state index contributed by atoms with van der Waals surface area (Å²) in [6.07, 6.45) is 1.85. The van der Waals surface area contributed by atoms with Gasteiger partial charge in [0.15, 0.2) is 11.6 Å². The number of benzene rings is 1. The number of nitrogens with two attached hydrogens (primary N) is 1. The minimum atomic E-state index is -0.286. The molecule has 1 rings (SSSR count). The minimum Gasteiger partial charge on any atom is -0.491 e. The van der Waals surface area contributed by atoms with Crippen LogP contribution >= 0.6 is 0 Å². The van der Waals surface area contributed by atoms with Gasteiger partial charge in [-0.15, -0.1) is 0 Å². The summed E-state index contributed by atoms with van der Waals surface area (Å²) in [7, 11) is 0. The SMILES string of the molecule is CCOc1ccc(CC(CC)CN)cc1F. The Bertz CT molecular complexity index is 324. The monoisotopic (exact) mass is 225 g/mol. The first kappa shape index (κ1) is 13.0. The summed E-state index contributed by atoms with van der Waals surface area (Å²) in [5, 5.41) is 0. The van der Waals surface area contributed by atoms with Gasteiger partial charge in [0.05, 0.1) is 6.61 Å². The van der Waals surface area contributed by atoms with Crippen molar-refractivity contribution < 1.29 is 9.13 Å². The van der Waals surface area contributed by atoms with Crippen LogP contribution in [0.2, 0.25) is 0 Å². The maximum absolute atomic E-state index is 13.5. The molecule has 0 saturated carbocycles. The maximum Gasteiger partial charge on any atom is 0.165 e. The third kappa shape index (κ3) is 3.49. The van der Waals surface area contributed by atoms with Gasteiger partial charge in [0.2, 0.25) is 0 Å². The lowest BCUT2D eigenvalue weighted by Crippen LogP contribution is -2.15. The Balaban J connectivity index is 2.72. The molecule has 16 heavy (non-hydrogen) atoms. The van der Waals surface area contributed by atoms with Crippen LogP contribution in [0.15, 0.2) is 18.2 Å². The zero-order chi connectivity index (χ0) is 12.0. The van der Waals surface area contributed by atoms with Crippen molar-refractivity contribution in [3.05, 3.63) is 29.6 Å². The summed E-state index contributed by atoms with van der Waals surface area (Å²) < 4.78 is 18.7. The first-order chi connectivity index (χ1) is 7.71. The predicted octanol–water partition coefficient (Wildman–Crippen LogP) is 2.75. The number of hydrogen-bond donors (Lipinski definition) is 1. The molecule has 0 aliphatic heterocycles. The van der Waals surface area contributed by atoms with Gasteiger partial charge < -0.3 is 10.5 Å². The van der Waals surface area contributed by atoms with Crippen molar-refractivity contribution in [1.82, 2.24) is 0 Å². The smallest absolute Gasteiger partial charge is 0.165 e. The van der Waals surface area contributed by atoms with E-state index in [4.69, 9.17) is 10.5 Å². The summed E-state index contributed by atoms with van der Waals surface area (Å²) in [5.74, 6) is 0.468. The fourth-order valence-corrected chi connectivity index (χ4v) is 1.67. The number of ether oxygens (including phenoxy) is 1. The van der Waals surface area contributed by atoms with E-state index in [0.717, 1.165) is 18.4 Å². The fraction of sp³-hybridized carbons (Fsp3) is 0.538. The predicted molar refractivity (Wildman–Crippen MR) is 64.1 cm³/mol. The average Bonchev–Trinajstić information content (AvgIpc) is 2.29. The van der Waals surface area contributed by atoms with E-state index in [9.17, 15) is 4.39 Å². The molecule has 0 saturated heterocycles. The molecule has 3 heteroatoms. The lowest BCUT2D eigenvalue weighted by Gasteiger charge is -2.13. The van der Waals surface area contributed by atoms with Crippen LogP contribution < -0.4 is 10.5 Å². The molecule has 2 N–H and O–H groups in total. The van der Waals surface area contributed by atoms with Crippen molar-refractivity contribution in [2.45, 2.75) is 26.7 Å². The van der Waals surface area contributed by atoms with Crippen molar-refractivity contribution in [2.75, 3.05) is 13.2 Å². The molecule has 1 aromatic rings. The number of halogens is 1. The Morgan fingerprint density at radius 2 is 2.12 bits per heavy atom. The van der Waals surface area contributed by atoms with E-state index in [-0.39, 0.29) is 5.82 Å². The second-order valence-corrected chi connectivity index (χ2v) is 3.91. The molecule has 1 atom stereocenters. The highest BCUT2D eigenvalue weighted by Gasteiger charge is 2.08. The van der Waals surface area contributed by atoms with Crippen LogP contribution in [0.5, 0.6) is 5.75 Å². The van der Waals surface area contributed by atoms with Crippen molar-refractivity contribution in [3.8, 4) is 5.75 Å². The molecular weight excluding hydrogens is 205 g/mol. The van der Waals surface area contributed by atoms with E-state index in [1.807, 2.05) is 13.0 Å². The van der Waals surface area contributed by atoms with Crippen molar-refractivity contribution in [1.29, 1.82) is 0 Å². The molecule has 0 amide bonds. The van der Waals surface area contributed by atoms with Gasteiger partial charge in [-0.1, -0.05) is 19.4 Å². The third-order valence-corrected chi connectivity index (χ3v) is 2.73. The Morgan fingerprint density at radius 1 is 1.38 bits per heavy atom. The molecular formula is C13H20FNO. The molecule has 0 fully saturated rings. The molecule has 0 aliphatic rings. The zero-order valence-electron chi connectivity index (χ0n) is 10.0. The van der Waals surface area contributed by atoms with Crippen molar-refractivity contribution in [2.24, 2.45) is 11.7 Å². The van der Waals surface area contributed by atoms with Gasteiger partial charge in [-0.3, -0.25) is 0 Å². The largest absolute Gasteiger partial charge is 0.491 e. The second-order valence-electron chi connectivity index (χ2n) is 3.91. The number of hydrogen-bond acceptors (Lipinski definition) is 2. The highest BCUT2D eigenvalue weighted by atomic mass is 19.1. The summed E-state index contributed by atoms with van der Waals surface area (Å²) in [4.78, 5) is 0. The van der Waals surface area contributed by atoms with E-state index >= 15 is 0 Å².